The molecule has 0 radical (unpaired) electrons. The standard InChI is InChI=1S/C14H20N2O3/c1-3-4-5-6-9-15-14-8-7-12(16(18)19)10-13(14)11(2)17/h7-8,10,15H,3-6,9H2,1-2H3. The van der Waals surface area contributed by atoms with Crippen LogP contribution in [0.3, 0.4) is 0 Å². The number of rotatable bonds is 8. The summed E-state index contributed by atoms with van der Waals surface area (Å²) in [5.74, 6) is -0.167. The van der Waals surface area contributed by atoms with Gasteiger partial charge in [-0.15, -0.1) is 0 Å². The molecule has 0 aliphatic carbocycles. The predicted molar refractivity (Wildman–Crippen MR) is 75.7 cm³/mol. The topological polar surface area (TPSA) is 72.2 Å². The first-order valence-electron chi connectivity index (χ1n) is 6.59. The van der Waals surface area contributed by atoms with Crippen molar-refractivity contribution in [3.63, 3.8) is 0 Å². The number of carbonyl (C=O) groups is 1. The lowest BCUT2D eigenvalue weighted by Gasteiger charge is -2.10. The van der Waals surface area contributed by atoms with Crippen molar-refractivity contribution in [2.75, 3.05) is 11.9 Å². The Bertz CT molecular complexity index is 458. The number of nitro benzene ring substituents is 1. The van der Waals surface area contributed by atoms with Crippen LogP contribution in [0.15, 0.2) is 18.2 Å². The summed E-state index contributed by atoms with van der Waals surface area (Å²) in [7, 11) is 0. The summed E-state index contributed by atoms with van der Waals surface area (Å²) in [5, 5.41) is 13.9. The second-order valence-electron chi connectivity index (χ2n) is 4.53. The molecular formula is C14H20N2O3. The van der Waals surface area contributed by atoms with E-state index in [0.717, 1.165) is 19.4 Å². The van der Waals surface area contributed by atoms with E-state index in [9.17, 15) is 14.9 Å². The van der Waals surface area contributed by atoms with Gasteiger partial charge >= 0.3 is 0 Å². The van der Waals surface area contributed by atoms with Crippen LogP contribution < -0.4 is 5.32 Å². The summed E-state index contributed by atoms with van der Waals surface area (Å²) in [4.78, 5) is 21.7. The van der Waals surface area contributed by atoms with Crippen LogP contribution in [0.25, 0.3) is 0 Å². The molecule has 1 rings (SSSR count). The minimum absolute atomic E-state index is 0.0540. The summed E-state index contributed by atoms with van der Waals surface area (Å²) >= 11 is 0. The molecule has 5 heteroatoms. The largest absolute Gasteiger partial charge is 0.384 e. The second kappa shape index (κ2) is 7.51. The van der Waals surface area contributed by atoms with Crippen LogP contribution in [0.2, 0.25) is 0 Å². The molecule has 1 aromatic rings. The van der Waals surface area contributed by atoms with Gasteiger partial charge in [0, 0.05) is 29.9 Å². The number of unbranched alkanes of at least 4 members (excludes halogenated alkanes) is 3. The Hall–Kier alpha value is -1.91. The number of hydrogen-bond acceptors (Lipinski definition) is 4. The highest BCUT2D eigenvalue weighted by Gasteiger charge is 2.13. The zero-order valence-electron chi connectivity index (χ0n) is 11.4. The van der Waals surface area contributed by atoms with Gasteiger partial charge in [0.25, 0.3) is 5.69 Å². The molecule has 0 aromatic heterocycles. The number of nitro groups is 1. The molecule has 0 aliphatic rings. The molecule has 1 N–H and O–H groups in total. The number of hydrogen-bond donors (Lipinski definition) is 1. The van der Waals surface area contributed by atoms with Crippen LogP contribution in [0.4, 0.5) is 11.4 Å². The number of non-ortho nitro benzene ring substituents is 1. The van der Waals surface area contributed by atoms with E-state index in [1.807, 2.05) is 0 Å². The molecule has 0 bridgehead atoms. The van der Waals surface area contributed by atoms with Crippen LogP contribution >= 0.6 is 0 Å². The lowest BCUT2D eigenvalue weighted by molar-refractivity contribution is -0.384. The Kier molecular flexibility index (Phi) is 5.99. The van der Waals surface area contributed by atoms with Gasteiger partial charge in [0.15, 0.2) is 5.78 Å². The van der Waals surface area contributed by atoms with E-state index in [2.05, 4.69) is 12.2 Å². The number of benzene rings is 1. The fraction of sp³-hybridized carbons (Fsp3) is 0.500. The molecule has 0 saturated carbocycles. The molecule has 5 nitrogen and oxygen atoms in total. The van der Waals surface area contributed by atoms with Gasteiger partial charge in [0.2, 0.25) is 0 Å². The van der Waals surface area contributed by atoms with Gasteiger partial charge in [0.05, 0.1) is 4.92 Å². The third-order valence-corrected chi connectivity index (χ3v) is 2.94. The first-order valence-corrected chi connectivity index (χ1v) is 6.59. The molecule has 0 aliphatic heterocycles. The number of Topliss-reactive ketones (excluding diaryl/α,β-unsaturated/α-hetero) is 1. The molecule has 104 valence electrons. The monoisotopic (exact) mass is 264 g/mol. The minimum atomic E-state index is -0.489. The quantitative estimate of drug-likeness (QED) is 0.335. The maximum absolute atomic E-state index is 11.5. The molecule has 1 aromatic carbocycles. The van der Waals surface area contributed by atoms with E-state index in [1.54, 1.807) is 6.07 Å². The molecule has 0 fully saturated rings. The van der Waals surface area contributed by atoms with Gasteiger partial charge in [-0.05, 0) is 19.4 Å². The fourth-order valence-electron chi connectivity index (χ4n) is 1.87. The lowest BCUT2D eigenvalue weighted by Crippen LogP contribution is -2.07. The van der Waals surface area contributed by atoms with Gasteiger partial charge in [-0.1, -0.05) is 26.2 Å². The summed E-state index contributed by atoms with van der Waals surface area (Å²) < 4.78 is 0. The SMILES string of the molecule is CCCCCCNc1ccc([N+](=O)[O-])cc1C(C)=O. The van der Waals surface area contributed by atoms with Crippen LogP contribution in [0.5, 0.6) is 0 Å². The van der Waals surface area contributed by atoms with Gasteiger partial charge in [-0.25, -0.2) is 0 Å². The van der Waals surface area contributed by atoms with Gasteiger partial charge in [-0.2, -0.15) is 0 Å². The van der Waals surface area contributed by atoms with Crippen LogP contribution in [-0.4, -0.2) is 17.3 Å². The molecule has 0 amide bonds. The lowest BCUT2D eigenvalue weighted by atomic mass is 10.1. The van der Waals surface area contributed by atoms with Gasteiger partial charge in [0.1, 0.15) is 0 Å². The van der Waals surface area contributed by atoms with Gasteiger partial charge < -0.3 is 5.32 Å². The normalized spacial score (nSPS) is 10.2. The van der Waals surface area contributed by atoms with Crippen molar-refractivity contribution >= 4 is 17.2 Å². The molecule has 0 spiro atoms. The minimum Gasteiger partial charge on any atom is -0.384 e. The van der Waals surface area contributed by atoms with Crippen molar-refractivity contribution in [1.82, 2.24) is 0 Å². The van der Waals surface area contributed by atoms with E-state index in [0.29, 0.717) is 11.3 Å². The molecule has 0 saturated heterocycles. The van der Waals surface area contributed by atoms with E-state index in [-0.39, 0.29) is 11.5 Å². The fourth-order valence-corrected chi connectivity index (χ4v) is 1.87. The highest BCUT2D eigenvalue weighted by molar-refractivity contribution is 6.00. The number of ketones is 1. The summed E-state index contributed by atoms with van der Waals surface area (Å²) in [6, 6.07) is 4.35. The maximum Gasteiger partial charge on any atom is 0.270 e. The average molecular weight is 264 g/mol. The molecular weight excluding hydrogens is 244 g/mol. The smallest absolute Gasteiger partial charge is 0.270 e. The van der Waals surface area contributed by atoms with E-state index in [4.69, 9.17) is 0 Å². The van der Waals surface area contributed by atoms with Crippen LogP contribution in [-0.2, 0) is 0 Å². The highest BCUT2D eigenvalue weighted by atomic mass is 16.6. The Labute approximate surface area is 113 Å². The van der Waals surface area contributed by atoms with Crippen LogP contribution in [0, 0.1) is 10.1 Å². The zero-order chi connectivity index (χ0) is 14.3. The van der Waals surface area contributed by atoms with Crippen molar-refractivity contribution in [2.45, 2.75) is 39.5 Å². The summed E-state index contributed by atoms with van der Waals surface area (Å²) in [6.45, 7) is 4.34. The highest BCUT2D eigenvalue weighted by Crippen LogP contribution is 2.22. The molecule has 0 unspecified atom stereocenters. The summed E-state index contributed by atoms with van der Waals surface area (Å²) in [5.41, 5.74) is 1.00. The number of nitrogens with one attached hydrogen (secondary N) is 1. The second-order valence-corrected chi connectivity index (χ2v) is 4.53. The van der Waals surface area contributed by atoms with Crippen molar-refractivity contribution in [3.8, 4) is 0 Å². The zero-order valence-corrected chi connectivity index (χ0v) is 11.4. The molecule has 19 heavy (non-hydrogen) atoms. The Morgan fingerprint density at radius 1 is 1.32 bits per heavy atom. The number of carbonyl (C=O) groups excluding carboxylic acids is 1. The average Bonchev–Trinajstić information content (AvgIpc) is 2.38. The third kappa shape index (κ3) is 4.69. The van der Waals surface area contributed by atoms with Crippen LogP contribution in [0.1, 0.15) is 49.9 Å². The van der Waals surface area contributed by atoms with E-state index >= 15 is 0 Å². The van der Waals surface area contributed by atoms with Crippen molar-refractivity contribution < 1.29 is 9.72 Å². The Morgan fingerprint density at radius 3 is 2.63 bits per heavy atom. The maximum atomic E-state index is 11.5. The van der Waals surface area contributed by atoms with Crippen molar-refractivity contribution in [2.24, 2.45) is 0 Å². The Balaban J connectivity index is 2.71. The first-order chi connectivity index (χ1) is 9.06. The molecule has 0 atom stereocenters. The summed E-state index contributed by atoms with van der Waals surface area (Å²) in [6.07, 6.45) is 4.55. The van der Waals surface area contributed by atoms with E-state index < -0.39 is 4.92 Å². The number of nitrogens with zero attached hydrogens (tertiary/aromatic N) is 1. The first kappa shape index (κ1) is 15.1. The van der Waals surface area contributed by atoms with E-state index in [1.165, 1.54) is 31.9 Å². The number of anilines is 1. The van der Waals surface area contributed by atoms with Gasteiger partial charge in [-0.3, -0.25) is 14.9 Å². The van der Waals surface area contributed by atoms with Crippen molar-refractivity contribution in [3.05, 3.63) is 33.9 Å². The third-order valence-electron chi connectivity index (χ3n) is 2.94. The molecule has 0 heterocycles. The Morgan fingerprint density at radius 2 is 2.05 bits per heavy atom. The van der Waals surface area contributed by atoms with Crippen molar-refractivity contribution in [1.29, 1.82) is 0 Å². The predicted octanol–water partition coefficient (Wildman–Crippen LogP) is 3.79.